The van der Waals surface area contributed by atoms with Crippen LogP contribution in [-0.2, 0) is 22.4 Å². The van der Waals surface area contributed by atoms with Crippen molar-refractivity contribution < 1.29 is 27.5 Å². The second-order valence-corrected chi connectivity index (χ2v) is 10.4. The number of hydrogen-bond donors (Lipinski definition) is 0. The minimum absolute atomic E-state index is 0.0702. The van der Waals surface area contributed by atoms with E-state index in [-0.39, 0.29) is 12.5 Å². The van der Waals surface area contributed by atoms with E-state index in [0.29, 0.717) is 46.8 Å². The summed E-state index contributed by atoms with van der Waals surface area (Å²) >= 11 is 1.57. The highest BCUT2D eigenvalue weighted by Gasteiger charge is 2.44. The third-order valence-electron chi connectivity index (χ3n) is 6.58. The van der Waals surface area contributed by atoms with Gasteiger partial charge in [0.15, 0.2) is 0 Å². The number of anilines is 1. The Morgan fingerprint density at radius 1 is 1.14 bits per heavy atom. The number of halogens is 3. The summed E-state index contributed by atoms with van der Waals surface area (Å²) in [6.45, 7) is 4.24. The molecule has 0 aromatic heterocycles. The van der Waals surface area contributed by atoms with Gasteiger partial charge in [0, 0.05) is 23.4 Å². The van der Waals surface area contributed by atoms with Crippen LogP contribution in [0.2, 0.25) is 0 Å². The lowest BCUT2D eigenvalue weighted by atomic mass is 10.00. The minimum atomic E-state index is -4.49. The lowest BCUT2D eigenvalue weighted by Crippen LogP contribution is -2.42. The second-order valence-electron chi connectivity index (χ2n) is 8.92. The summed E-state index contributed by atoms with van der Waals surface area (Å²) in [6.07, 6.45) is -3.89. The Bertz CT molecular complexity index is 1310. The first kappa shape index (κ1) is 26.6. The van der Waals surface area contributed by atoms with Gasteiger partial charge in [-0.1, -0.05) is 30.3 Å². The van der Waals surface area contributed by atoms with E-state index >= 15 is 0 Å². The largest absolute Gasteiger partial charge is 0.497 e. The van der Waals surface area contributed by atoms with Crippen LogP contribution in [0.15, 0.2) is 66.7 Å². The molecule has 1 fully saturated rings. The molecule has 0 aliphatic carbocycles. The summed E-state index contributed by atoms with van der Waals surface area (Å²) in [5.41, 5.74) is 2.16. The lowest BCUT2D eigenvalue weighted by molar-refractivity contribution is -0.137. The molecule has 0 radical (unpaired) electrons. The number of alkyl halides is 3. The number of thioether (sulfide) groups is 1. The second kappa shape index (κ2) is 10.5. The number of carbonyl (C=O) groups is 2. The average Bonchev–Trinajstić information content (AvgIpc) is 3.29. The van der Waals surface area contributed by atoms with Crippen LogP contribution < -0.4 is 9.64 Å². The van der Waals surface area contributed by atoms with E-state index in [2.05, 4.69) is 0 Å². The first-order chi connectivity index (χ1) is 17.6. The van der Waals surface area contributed by atoms with Crippen molar-refractivity contribution in [3.05, 3.63) is 94.5 Å². The maximum atomic E-state index is 13.7. The van der Waals surface area contributed by atoms with Crippen LogP contribution in [-0.4, -0.2) is 36.6 Å². The number of ether oxygens (including phenoxy) is 1. The molecule has 1 atom stereocenters. The number of rotatable bonds is 7. The summed E-state index contributed by atoms with van der Waals surface area (Å²) < 4.78 is 45.2. The molecule has 0 saturated carbocycles. The molecular weight excluding hydrogens is 501 g/mol. The zero-order valence-corrected chi connectivity index (χ0v) is 21.5. The van der Waals surface area contributed by atoms with Crippen molar-refractivity contribution in [2.24, 2.45) is 0 Å². The van der Waals surface area contributed by atoms with Crippen molar-refractivity contribution in [3.63, 3.8) is 0 Å². The maximum Gasteiger partial charge on any atom is 0.416 e. The van der Waals surface area contributed by atoms with Gasteiger partial charge in [0.2, 0.25) is 6.41 Å². The Morgan fingerprint density at radius 3 is 2.57 bits per heavy atom. The van der Waals surface area contributed by atoms with E-state index in [0.717, 1.165) is 17.7 Å². The van der Waals surface area contributed by atoms with E-state index in [9.17, 15) is 22.8 Å². The summed E-state index contributed by atoms with van der Waals surface area (Å²) in [5.74, 6) is 1.09. The molecule has 2 amide bonds. The Hall–Kier alpha value is -3.46. The molecule has 0 spiro atoms. The fourth-order valence-electron chi connectivity index (χ4n) is 4.59. The number of amides is 2. The molecular formula is C28H27F3N2O3S. The standard InChI is InChI=1S/C28H27F3N2O3S/c1-19-7-4-5-10-23(19)26(35)33-13-14-37-27(33,2)24-16-22(36-3)11-12-25(24)32(18-34)17-20-8-6-9-21(15-20)28(29,30)31/h4-12,15-16,18H,13-14,17H2,1-3H3. The van der Waals surface area contributed by atoms with Gasteiger partial charge in [-0.05, 0) is 61.4 Å². The summed E-state index contributed by atoms with van der Waals surface area (Å²) in [5, 5.41) is 0. The first-order valence-electron chi connectivity index (χ1n) is 11.7. The summed E-state index contributed by atoms with van der Waals surface area (Å²) in [4.78, 5) is 28.3. The Kier molecular flexibility index (Phi) is 7.54. The SMILES string of the molecule is COc1ccc(N(C=O)Cc2cccc(C(F)(F)F)c2)c(C2(C)SCCN2C(=O)c2ccccc2C)c1. The number of carbonyl (C=O) groups excluding carboxylic acids is 2. The molecule has 5 nitrogen and oxygen atoms in total. The van der Waals surface area contributed by atoms with Gasteiger partial charge in [-0.2, -0.15) is 13.2 Å². The van der Waals surface area contributed by atoms with Crippen molar-refractivity contribution in [2.75, 3.05) is 24.3 Å². The number of nitrogens with zero attached hydrogens (tertiary/aromatic N) is 2. The highest BCUT2D eigenvalue weighted by Crippen LogP contribution is 2.49. The molecule has 0 N–H and O–H groups in total. The van der Waals surface area contributed by atoms with Crippen molar-refractivity contribution in [1.82, 2.24) is 4.90 Å². The van der Waals surface area contributed by atoms with Crippen molar-refractivity contribution in [2.45, 2.75) is 31.4 Å². The van der Waals surface area contributed by atoms with E-state index < -0.39 is 16.6 Å². The van der Waals surface area contributed by atoms with Crippen LogP contribution in [0.3, 0.4) is 0 Å². The van der Waals surface area contributed by atoms with E-state index in [4.69, 9.17) is 4.74 Å². The van der Waals surface area contributed by atoms with Crippen LogP contribution in [0.5, 0.6) is 5.75 Å². The van der Waals surface area contributed by atoms with Crippen molar-refractivity contribution >= 4 is 29.8 Å². The molecule has 4 rings (SSSR count). The van der Waals surface area contributed by atoms with Gasteiger partial charge in [-0.25, -0.2) is 0 Å². The molecule has 1 unspecified atom stereocenters. The lowest BCUT2D eigenvalue weighted by Gasteiger charge is -2.38. The minimum Gasteiger partial charge on any atom is -0.497 e. The Morgan fingerprint density at radius 2 is 1.89 bits per heavy atom. The van der Waals surface area contributed by atoms with E-state index in [1.807, 2.05) is 32.0 Å². The molecule has 1 saturated heterocycles. The number of benzene rings is 3. The van der Waals surface area contributed by atoms with Gasteiger partial charge in [-0.15, -0.1) is 11.8 Å². The van der Waals surface area contributed by atoms with E-state index in [1.165, 1.54) is 18.1 Å². The van der Waals surface area contributed by atoms with Crippen LogP contribution in [0.4, 0.5) is 18.9 Å². The highest BCUT2D eigenvalue weighted by molar-refractivity contribution is 8.00. The fraction of sp³-hybridized carbons (Fsp3) is 0.286. The predicted molar refractivity (Wildman–Crippen MR) is 139 cm³/mol. The average molecular weight is 529 g/mol. The molecule has 9 heteroatoms. The van der Waals surface area contributed by atoms with Gasteiger partial charge in [0.1, 0.15) is 10.6 Å². The number of aryl methyl sites for hydroxylation is 1. The first-order valence-corrected chi connectivity index (χ1v) is 12.6. The normalized spacial score (nSPS) is 17.5. The third-order valence-corrected chi connectivity index (χ3v) is 7.97. The van der Waals surface area contributed by atoms with Gasteiger partial charge < -0.3 is 14.5 Å². The van der Waals surface area contributed by atoms with Crippen molar-refractivity contribution in [3.8, 4) is 5.75 Å². The molecule has 1 aliphatic rings. The third kappa shape index (κ3) is 5.32. The number of methoxy groups -OCH3 is 1. The molecule has 194 valence electrons. The quantitative estimate of drug-likeness (QED) is 0.340. The molecule has 1 aliphatic heterocycles. The molecule has 1 heterocycles. The highest BCUT2D eigenvalue weighted by atomic mass is 32.2. The zero-order valence-electron chi connectivity index (χ0n) is 20.7. The number of hydrogen-bond acceptors (Lipinski definition) is 4. The van der Waals surface area contributed by atoms with Gasteiger partial charge in [-0.3, -0.25) is 9.59 Å². The van der Waals surface area contributed by atoms with Gasteiger partial charge >= 0.3 is 6.18 Å². The Balaban J connectivity index is 1.76. The van der Waals surface area contributed by atoms with Crippen LogP contribution in [0.25, 0.3) is 0 Å². The Labute approximate surface area is 218 Å². The maximum absolute atomic E-state index is 13.7. The van der Waals surface area contributed by atoms with Gasteiger partial charge in [0.25, 0.3) is 5.91 Å². The molecule has 0 bridgehead atoms. The summed E-state index contributed by atoms with van der Waals surface area (Å²) in [6, 6.07) is 17.5. The van der Waals surface area contributed by atoms with E-state index in [1.54, 1.807) is 47.0 Å². The molecule has 37 heavy (non-hydrogen) atoms. The zero-order chi connectivity index (χ0) is 26.8. The smallest absolute Gasteiger partial charge is 0.416 e. The molecule has 3 aromatic rings. The van der Waals surface area contributed by atoms with Crippen molar-refractivity contribution in [1.29, 1.82) is 0 Å². The van der Waals surface area contributed by atoms with Crippen LogP contribution in [0, 0.1) is 6.92 Å². The van der Waals surface area contributed by atoms with Crippen LogP contribution in [0.1, 0.15) is 39.5 Å². The molecule has 3 aromatic carbocycles. The topological polar surface area (TPSA) is 49.9 Å². The van der Waals surface area contributed by atoms with Crippen LogP contribution >= 0.6 is 11.8 Å². The van der Waals surface area contributed by atoms with Gasteiger partial charge in [0.05, 0.1) is 24.9 Å². The fourth-order valence-corrected chi connectivity index (χ4v) is 5.91. The monoisotopic (exact) mass is 528 g/mol. The summed E-state index contributed by atoms with van der Waals surface area (Å²) in [7, 11) is 1.53. The predicted octanol–water partition coefficient (Wildman–Crippen LogP) is 6.25.